The third-order valence-corrected chi connectivity index (χ3v) is 4.62. The number of nitrogen functional groups attached to an aromatic ring is 1. The van der Waals surface area contributed by atoms with Gasteiger partial charge in [0.15, 0.2) is 0 Å². The lowest BCUT2D eigenvalue weighted by atomic mass is 10.1. The van der Waals surface area contributed by atoms with Crippen molar-refractivity contribution in [2.75, 3.05) is 11.1 Å². The van der Waals surface area contributed by atoms with Crippen LogP contribution >= 0.6 is 24.2 Å². The first-order valence-corrected chi connectivity index (χ1v) is 9.65. The zero-order chi connectivity index (χ0) is 20.0. The molecule has 1 atom stereocenters. The normalized spacial score (nSPS) is 11.4. The van der Waals surface area contributed by atoms with Gasteiger partial charge in [-0.2, -0.15) is 0 Å². The number of carbonyl (C=O) groups is 1. The van der Waals surface area contributed by atoms with Gasteiger partial charge in [0.1, 0.15) is 11.6 Å². The molecule has 2 aromatic rings. The Morgan fingerprint density at radius 2 is 1.89 bits per heavy atom. The van der Waals surface area contributed by atoms with Crippen LogP contribution in [0.5, 0.6) is 5.75 Å². The highest BCUT2D eigenvalue weighted by Crippen LogP contribution is 2.33. The number of halogens is 1. The largest absolute Gasteiger partial charge is 0.548 e. The van der Waals surface area contributed by atoms with Crippen LogP contribution in [0.15, 0.2) is 47.4 Å². The molecule has 0 saturated carbocycles. The number of carboxylic acids is 1. The van der Waals surface area contributed by atoms with E-state index < -0.39 is 12.0 Å². The molecule has 0 aliphatic heterocycles. The second-order valence-corrected chi connectivity index (χ2v) is 7.50. The minimum Gasteiger partial charge on any atom is -0.548 e. The number of hydrogen-bond donors (Lipinski definition) is 3. The van der Waals surface area contributed by atoms with Gasteiger partial charge in [0.05, 0.1) is 18.1 Å². The number of nitrogens with one attached hydrogen (secondary N) is 2. The number of thioether (sulfide) groups is 1. The van der Waals surface area contributed by atoms with Crippen molar-refractivity contribution >= 4 is 41.7 Å². The van der Waals surface area contributed by atoms with Crippen LogP contribution in [0.2, 0.25) is 0 Å². The minimum absolute atomic E-state index is 0. The van der Waals surface area contributed by atoms with Crippen LogP contribution in [0.25, 0.3) is 0 Å². The summed E-state index contributed by atoms with van der Waals surface area (Å²) in [6.07, 6.45) is 0.0295. The Morgan fingerprint density at radius 1 is 1.25 bits per heavy atom. The summed E-state index contributed by atoms with van der Waals surface area (Å²) in [5, 5.41) is 22.1. The monoisotopic (exact) mass is 422 g/mol. The lowest BCUT2D eigenvalue weighted by molar-refractivity contribution is -0.307. The molecule has 2 rings (SSSR count). The standard InChI is InChI=1S/C20H25N3O3S.ClH/c1-4-27-17-11-14(7-10-16(17)26-12(2)3)18(20(24)25)23-15-8-5-13(6-9-15)19(21)22;/h5-12,18,23H,4H2,1-3H3,(H3,21,22)(H,24,25);1H/p-1. The van der Waals surface area contributed by atoms with Crippen molar-refractivity contribution in [3.63, 3.8) is 0 Å². The lowest BCUT2D eigenvalue weighted by Crippen LogP contribution is -2.34. The van der Waals surface area contributed by atoms with Crippen molar-refractivity contribution in [2.45, 2.75) is 37.8 Å². The molecule has 0 amide bonds. The number of ether oxygens (including phenoxy) is 1. The average Bonchev–Trinajstić information content (AvgIpc) is 2.61. The number of carbonyl (C=O) groups excluding carboxylic acids is 1. The third-order valence-electron chi connectivity index (χ3n) is 3.71. The minimum atomic E-state index is -1.23. The summed E-state index contributed by atoms with van der Waals surface area (Å²) < 4.78 is 5.81. The Kier molecular flexibility index (Phi) is 9.15. The lowest BCUT2D eigenvalue weighted by Gasteiger charge is -2.23. The molecule has 0 fully saturated rings. The molecular formula is C20H25ClN3O3S-. The number of amidine groups is 1. The van der Waals surface area contributed by atoms with E-state index in [9.17, 15) is 9.90 Å². The van der Waals surface area contributed by atoms with E-state index in [1.165, 1.54) is 0 Å². The smallest absolute Gasteiger partial charge is 0.133 e. The van der Waals surface area contributed by atoms with E-state index in [-0.39, 0.29) is 24.3 Å². The van der Waals surface area contributed by atoms with Crippen LogP contribution < -0.4 is 20.9 Å². The first-order chi connectivity index (χ1) is 12.8. The highest BCUT2D eigenvalue weighted by atomic mass is 35.5. The van der Waals surface area contributed by atoms with Gasteiger partial charge in [-0.1, -0.05) is 13.0 Å². The molecule has 0 radical (unpaired) electrons. The first kappa shape index (κ1) is 23.7. The van der Waals surface area contributed by atoms with E-state index in [2.05, 4.69) is 5.32 Å². The van der Waals surface area contributed by atoms with Crippen molar-refractivity contribution in [2.24, 2.45) is 5.73 Å². The van der Waals surface area contributed by atoms with E-state index in [0.29, 0.717) is 16.8 Å². The Labute approximate surface area is 175 Å². The third kappa shape index (κ3) is 6.35. The second kappa shape index (κ2) is 10.8. The van der Waals surface area contributed by atoms with Gasteiger partial charge in [-0.05, 0) is 61.6 Å². The molecular weight excluding hydrogens is 398 g/mol. The van der Waals surface area contributed by atoms with Gasteiger partial charge < -0.3 is 25.7 Å². The van der Waals surface area contributed by atoms with E-state index in [4.69, 9.17) is 15.9 Å². The molecule has 0 spiro atoms. The quantitative estimate of drug-likeness (QED) is 0.325. The fourth-order valence-corrected chi connectivity index (χ4v) is 3.30. The van der Waals surface area contributed by atoms with Crippen molar-refractivity contribution in [1.29, 1.82) is 5.41 Å². The Hall–Kier alpha value is -2.38. The van der Waals surface area contributed by atoms with E-state index in [0.717, 1.165) is 16.4 Å². The van der Waals surface area contributed by atoms with E-state index in [1.807, 2.05) is 26.8 Å². The molecule has 0 saturated heterocycles. The first-order valence-electron chi connectivity index (χ1n) is 8.67. The van der Waals surface area contributed by atoms with Crippen molar-refractivity contribution in [3.05, 3.63) is 53.6 Å². The highest BCUT2D eigenvalue weighted by molar-refractivity contribution is 7.99. The summed E-state index contributed by atoms with van der Waals surface area (Å²) in [6.45, 7) is 5.93. The van der Waals surface area contributed by atoms with E-state index >= 15 is 0 Å². The second-order valence-electron chi connectivity index (χ2n) is 6.19. The van der Waals surface area contributed by atoms with Crippen molar-refractivity contribution in [1.82, 2.24) is 0 Å². The molecule has 152 valence electrons. The Morgan fingerprint density at radius 3 is 2.39 bits per heavy atom. The average molecular weight is 423 g/mol. The van der Waals surface area contributed by atoms with Crippen LogP contribution in [-0.4, -0.2) is 23.7 Å². The predicted molar refractivity (Wildman–Crippen MR) is 115 cm³/mol. The maximum atomic E-state index is 11.7. The van der Waals surface area contributed by atoms with Crippen LogP contribution in [-0.2, 0) is 4.79 Å². The highest BCUT2D eigenvalue weighted by Gasteiger charge is 2.16. The van der Waals surface area contributed by atoms with Crippen LogP contribution in [0.4, 0.5) is 5.69 Å². The molecule has 4 N–H and O–H groups in total. The van der Waals surface area contributed by atoms with Crippen LogP contribution in [0, 0.1) is 5.41 Å². The molecule has 2 aromatic carbocycles. The van der Waals surface area contributed by atoms with E-state index in [1.54, 1.807) is 48.2 Å². The molecule has 8 heteroatoms. The topological polar surface area (TPSA) is 111 Å². The van der Waals surface area contributed by atoms with Gasteiger partial charge in [-0.3, -0.25) is 5.41 Å². The molecule has 0 aliphatic rings. The number of aliphatic carboxylic acids is 1. The summed E-state index contributed by atoms with van der Waals surface area (Å²) in [5.41, 5.74) is 7.19. The molecule has 0 aliphatic carbocycles. The fourth-order valence-electron chi connectivity index (χ4n) is 2.51. The number of carboxylic acid groups (broad SMARTS) is 1. The maximum Gasteiger partial charge on any atom is 0.133 e. The zero-order valence-corrected chi connectivity index (χ0v) is 17.7. The molecule has 1 unspecified atom stereocenters. The van der Waals surface area contributed by atoms with Gasteiger partial charge in [0, 0.05) is 16.1 Å². The SMILES string of the molecule is CCSc1cc(C(Nc2ccc(C(=N)N)cc2)C(=O)[O-])ccc1OC(C)C.Cl. The van der Waals surface area contributed by atoms with Gasteiger partial charge in [-0.15, -0.1) is 24.2 Å². The number of hydrogen-bond acceptors (Lipinski definition) is 6. The van der Waals surface area contributed by atoms with Crippen LogP contribution in [0.1, 0.15) is 37.9 Å². The summed E-state index contributed by atoms with van der Waals surface area (Å²) in [4.78, 5) is 12.6. The number of benzene rings is 2. The molecule has 0 heterocycles. The maximum absolute atomic E-state index is 11.7. The molecule has 28 heavy (non-hydrogen) atoms. The zero-order valence-electron chi connectivity index (χ0n) is 16.0. The van der Waals surface area contributed by atoms with Crippen molar-refractivity contribution in [3.8, 4) is 5.75 Å². The summed E-state index contributed by atoms with van der Waals surface area (Å²) in [7, 11) is 0. The van der Waals surface area contributed by atoms with Gasteiger partial charge >= 0.3 is 0 Å². The van der Waals surface area contributed by atoms with Gasteiger partial charge in [0.25, 0.3) is 0 Å². The summed E-state index contributed by atoms with van der Waals surface area (Å²) >= 11 is 1.60. The summed E-state index contributed by atoms with van der Waals surface area (Å²) in [5.74, 6) is 0.312. The number of anilines is 1. The van der Waals surface area contributed by atoms with Gasteiger partial charge in [0.2, 0.25) is 0 Å². The molecule has 0 bridgehead atoms. The molecule has 6 nitrogen and oxygen atoms in total. The van der Waals surface area contributed by atoms with Crippen molar-refractivity contribution < 1.29 is 14.6 Å². The predicted octanol–water partition coefficient (Wildman–Crippen LogP) is 3.19. The fraction of sp³-hybridized carbons (Fsp3) is 0.300. The van der Waals surface area contributed by atoms with Gasteiger partial charge in [-0.25, -0.2) is 0 Å². The Balaban J connectivity index is 0.00000392. The number of nitrogens with two attached hydrogens (primary N) is 1. The summed E-state index contributed by atoms with van der Waals surface area (Å²) in [6, 6.07) is 11.0. The number of rotatable bonds is 9. The molecule has 0 aromatic heterocycles. The Bertz CT molecular complexity index is 813. The van der Waals surface area contributed by atoms with Crippen LogP contribution in [0.3, 0.4) is 0 Å².